The zero-order valence-corrected chi connectivity index (χ0v) is 8.13. The van der Waals surface area contributed by atoms with Crippen molar-refractivity contribution in [3.8, 4) is 0 Å². The van der Waals surface area contributed by atoms with Gasteiger partial charge in [0.25, 0.3) is 0 Å². The van der Waals surface area contributed by atoms with Crippen molar-refractivity contribution in [3.05, 3.63) is 11.8 Å². The number of hydrogen-bond acceptors (Lipinski definition) is 1. The number of aliphatic hydroxyl groups excluding tert-OH is 1. The van der Waals surface area contributed by atoms with E-state index < -0.39 is 12.3 Å². The van der Waals surface area contributed by atoms with Crippen LogP contribution in [0.25, 0.3) is 0 Å². The van der Waals surface area contributed by atoms with E-state index >= 15 is 0 Å². The summed E-state index contributed by atoms with van der Waals surface area (Å²) in [5.41, 5.74) is 0. The first-order chi connectivity index (χ1) is 6.66. The third-order valence-electron chi connectivity index (χ3n) is 3.53. The summed E-state index contributed by atoms with van der Waals surface area (Å²) in [7, 11) is 0. The average molecular weight is 202 g/mol. The van der Waals surface area contributed by atoms with Gasteiger partial charge in [-0.2, -0.15) is 0 Å². The van der Waals surface area contributed by atoms with Crippen LogP contribution < -0.4 is 0 Å². The second-order valence-electron chi connectivity index (χ2n) is 4.50. The highest BCUT2D eigenvalue weighted by Gasteiger charge is 2.35. The SMILES string of the molecule is OC1=CCC2CCC(F)C(F)CC2C1. The molecule has 0 heterocycles. The quantitative estimate of drug-likeness (QED) is 0.639. The third-order valence-corrected chi connectivity index (χ3v) is 3.53. The molecule has 0 aromatic heterocycles. The molecule has 0 radical (unpaired) electrons. The highest BCUT2D eigenvalue weighted by molar-refractivity contribution is 5.02. The van der Waals surface area contributed by atoms with Gasteiger partial charge in [-0.15, -0.1) is 0 Å². The maximum absolute atomic E-state index is 13.3. The van der Waals surface area contributed by atoms with E-state index in [2.05, 4.69) is 0 Å². The Balaban J connectivity index is 2.07. The Morgan fingerprint density at radius 2 is 1.93 bits per heavy atom. The van der Waals surface area contributed by atoms with E-state index in [1.54, 1.807) is 6.08 Å². The fourth-order valence-corrected chi connectivity index (χ4v) is 2.62. The summed E-state index contributed by atoms with van der Waals surface area (Å²) in [6.07, 6.45) is 1.90. The Kier molecular flexibility index (Phi) is 2.75. The van der Waals surface area contributed by atoms with Crippen LogP contribution >= 0.6 is 0 Å². The van der Waals surface area contributed by atoms with E-state index in [0.29, 0.717) is 24.5 Å². The topological polar surface area (TPSA) is 20.2 Å². The van der Waals surface area contributed by atoms with Crippen LogP contribution in [0, 0.1) is 11.8 Å². The summed E-state index contributed by atoms with van der Waals surface area (Å²) in [6.45, 7) is 0. The summed E-state index contributed by atoms with van der Waals surface area (Å²) >= 11 is 0. The van der Waals surface area contributed by atoms with Crippen LogP contribution in [0.15, 0.2) is 11.8 Å². The summed E-state index contributed by atoms with van der Waals surface area (Å²) in [4.78, 5) is 0. The van der Waals surface area contributed by atoms with Crippen LogP contribution in [0.1, 0.15) is 32.1 Å². The highest BCUT2D eigenvalue weighted by atomic mass is 19.2. The molecular formula is C11H16F2O. The minimum absolute atomic E-state index is 0.149. The molecule has 80 valence electrons. The van der Waals surface area contributed by atoms with Crippen molar-refractivity contribution in [2.24, 2.45) is 11.8 Å². The highest BCUT2D eigenvalue weighted by Crippen LogP contribution is 2.39. The zero-order valence-electron chi connectivity index (χ0n) is 8.13. The number of rotatable bonds is 0. The van der Waals surface area contributed by atoms with Gasteiger partial charge in [-0.05, 0) is 43.6 Å². The molecule has 1 N–H and O–H groups in total. The van der Waals surface area contributed by atoms with Gasteiger partial charge < -0.3 is 5.11 Å². The lowest BCUT2D eigenvalue weighted by atomic mass is 9.79. The summed E-state index contributed by atoms with van der Waals surface area (Å²) in [6, 6.07) is 0. The molecule has 2 rings (SSSR count). The molecule has 4 atom stereocenters. The summed E-state index contributed by atoms with van der Waals surface area (Å²) in [5, 5.41) is 9.34. The van der Waals surface area contributed by atoms with Crippen LogP contribution in [-0.4, -0.2) is 17.4 Å². The van der Waals surface area contributed by atoms with E-state index in [4.69, 9.17) is 0 Å². The molecule has 0 aliphatic heterocycles. The molecule has 0 amide bonds. The first kappa shape index (κ1) is 9.94. The van der Waals surface area contributed by atoms with Crippen molar-refractivity contribution in [2.45, 2.75) is 44.4 Å². The van der Waals surface area contributed by atoms with Gasteiger partial charge in [0.1, 0.15) is 12.3 Å². The fourth-order valence-electron chi connectivity index (χ4n) is 2.62. The first-order valence-electron chi connectivity index (χ1n) is 5.33. The summed E-state index contributed by atoms with van der Waals surface area (Å²) in [5.74, 6) is 0.886. The molecule has 2 aliphatic rings. The van der Waals surface area contributed by atoms with E-state index in [0.717, 1.165) is 12.8 Å². The second-order valence-corrected chi connectivity index (χ2v) is 4.50. The Morgan fingerprint density at radius 3 is 2.71 bits per heavy atom. The maximum Gasteiger partial charge on any atom is 0.131 e. The van der Waals surface area contributed by atoms with Gasteiger partial charge in [-0.25, -0.2) is 8.78 Å². The Morgan fingerprint density at radius 1 is 1.14 bits per heavy atom. The minimum atomic E-state index is -1.32. The van der Waals surface area contributed by atoms with Crippen LogP contribution in [0.2, 0.25) is 0 Å². The van der Waals surface area contributed by atoms with Crippen molar-refractivity contribution in [3.63, 3.8) is 0 Å². The average Bonchev–Trinajstić information content (AvgIpc) is 2.27. The van der Waals surface area contributed by atoms with Crippen molar-refractivity contribution in [1.29, 1.82) is 0 Å². The minimum Gasteiger partial charge on any atom is -0.513 e. The number of alkyl halides is 2. The molecule has 1 nitrogen and oxygen atoms in total. The molecule has 0 aromatic carbocycles. The maximum atomic E-state index is 13.3. The largest absolute Gasteiger partial charge is 0.513 e. The normalized spacial score (nSPS) is 43.7. The predicted octanol–water partition coefficient (Wildman–Crippen LogP) is 3.31. The molecule has 0 bridgehead atoms. The van der Waals surface area contributed by atoms with E-state index in [-0.39, 0.29) is 12.3 Å². The van der Waals surface area contributed by atoms with Crippen LogP contribution in [0.4, 0.5) is 8.78 Å². The van der Waals surface area contributed by atoms with Crippen LogP contribution in [0.5, 0.6) is 0 Å². The molecule has 3 heteroatoms. The monoisotopic (exact) mass is 202 g/mol. The molecule has 1 fully saturated rings. The van der Waals surface area contributed by atoms with Crippen molar-refractivity contribution >= 4 is 0 Å². The molecule has 0 spiro atoms. The second kappa shape index (κ2) is 3.87. The lowest BCUT2D eigenvalue weighted by Gasteiger charge is -2.27. The smallest absolute Gasteiger partial charge is 0.131 e. The lowest BCUT2D eigenvalue weighted by Crippen LogP contribution is -2.21. The van der Waals surface area contributed by atoms with Gasteiger partial charge in [0.15, 0.2) is 0 Å². The Labute approximate surface area is 82.8 Å². The number of halogens is 2. The Bertz CT molecular complexity index is 239. The molecule has 1 saturated carbocycles. The lowest BCUT2D eigenvalue weighted by molar-refractivity contribution is 0.141. The van der Waals surface area contributed by atoms with Gasteiger partial charge in [-0.1, -0.05) is 0 Å². The van der Waals surface area contributed by atoms with Crippen molar-refractivity contribution in [2.75, 3.05) is 0 Å². The predicted molar refractivity (Wildman–Crippen MR) is 50.6 cm³/mol. The van der Waals surface area contributed by atoms with Gasteiger partial charge >= 0.3 is 0 Å². The van der Waals surface area contributed by atoms with Crippen LogP contribution in [-0.2, 0) is 0 Å². The van der Waals surface area contributed by atoms with Crippen molar-refractivity contribution < 1.29 is 13.9 Å². The van der Waals surface area contributed by atoms with Crippen molar-refractivity contribution in [1.82, 2.24) is 0 Å². The molecule has 0 saturated heterocycles. The molecule has 2 aliphatic carbocycles. The van der Waals surface area contributed by atoms with E-state index in [1.807, 2.05) is 0 Å². The molecular weight excluding hydrogens is 186 g/mol. The summed E-state index contributed by atoms with van der Waals surface area (Å²) < 4.78 is 26.4. The Hall–Kier alpha value is -0.600. The van der Waals surface area contributed by atoms with Crippen LogP contribution in [0.3, 0.4) is 0 Å². The zero-order chi connectivity index (χ0) is 10.1. The molecule has 0 aromatic rings. The standard InChI is InChI=1S/C11H16F2O/c12-10-4-2-7-1-3-9(14)5-8(7)6-11(10)13/h3,7-8,10-11,14H,1-2,4-6H2. The number of hydrogen-bond donors (Lipinski definition) is 1. The van der Waals surface area contributed by atoms with Gasteiger partial charge in [0.05, 0.1) is 5.76 Å². The molecule has 4 unspecified atom stereocenters. The number of allylic oxidation sites excluding steroid dienone is 2. The van der Waals surface area contributed by atoms with E-state index in [1.165, 1.54) is 0 Å². The van der Waals surface area contributed by atoms with Gasteiger partial charge in [-0.3, -0.25) is 0 Å². The number of fused-ring (bicyclic) bond motifs is 1. The first-order valence-corrected chi connectivity index (χ1v) is 5.33. The fraction of sp³-hybridized carbons (Fsp3) is 0.818. The molecule has 14 heavy (non-hydrogen) atoms. The number of aliphatic hydroxyl groups is 1. The van der Waals surface area contributed by atoms with E-state index in [9.17, 15) is 13.9 Å². The van der Waals surface area contributed by atoms with Gasteiger partial charge in [0, 0.05) is 6.42 Å². The third kappa shape index (κ3) is 1.91. The van der Waals surface area contributed by atoms with Gasteiger partial charge in [0.2, 0.25) is 0 Å².